The van der Waals surface area contributed by atoms with Gasteiger partial charge in [-0.05, 0) is 54.8 Å². The van der Waals surface area contributed by atoms with Crippen LogP contribution >= 0.6 is 0 Å². The van der Waals surface area contributed by atoms with Gasteiger partial charge in [0, 0.05) is 48.0 Å². The monoisotopic (exact) mass is 617 g/mol. The molecule has 0 atom stereocenters. The summed E-state index contributed by atoms with van der Waals surface area (Å²) in [5.74, 6) is 0. The van der Waals surface area contributed by atoms with Crippen molar-refractivity contribution in [3.63, 3.8) is 0 Å². The normalized spacial score (nSPS) is 13.4. The summed E-state index contributed by atoms with van der Waals surface area (Å²) < 4.78 is 38.5. The van der Waals surface area contributed by atoms with Gasteiger partial charge in [0.2, 0.25) is 11.4 Å². The van der Waals surface area contributed by atoms with Crippen molar-refractivity contribution in [2.24, 2.45) is 0 Å². The Bertz CT molecular complexity index is 1920. The number of aromatic nitrogens is 2. The Labute approximate surface area is 265 Å². The molecule has 0 amide bonds. The molecule has 0 aliphatic carbocycles. The van der Waals surface area contributed by atoms with Gasteiger partial charge in [-0.2, -0.15) is 9.83 Å². The molecule has 226 valence electrons. The average molecular weight is 618 g/mol. The van der Waals surface area contributed by atoms with E-state index in [-0.39, 0.29) is 0 Å². The summed E-state index contributed by atoms with van der Waals surface area (Å²) in [6, 6.07) is 35.8. The molecule has 7 nitrogen and oxygen atoms in total. The standard InChI is InChI=1S/C35H29N2.C2H3N.ClHO4/c1-26-30-20-12-14-24-36(30)32(34(26)28-16-6-3-7-17-28)22-10-5-11-23-33-35(29-18-8-4-9-19-29)27(2)31-21-13-15-25-37(31)33;1-2-3;2-1(3,4)5/h3-25H,1-2H3;1H3;(H,2,3,4,5)/q+1;;/p-1. The maximum Gasteiger partial charge on any atom is 0.219 e. The fraction of sp³-hybridized carbons (Fsp3) is 0.0811. The fourth-order valence-electron chi connectivity index (χ4n) is 5.42. The lowest BCUT2D eigenvalue weighted by molar-refractivity contribution is -2.00. The zero-order chi connectivity index (χ0) is 32.4. The zero-order valence-electron chi connectivity index (χ0n) is 25.1. The maximum absolute atomic E-state index is 8.49. The molecule has 1 aliphatic heterocycles. The van der Waals surface area contributed by atoms with E-state index in [2.05, 4.69) is 163 Å². The van der Waals surface area contributed by atoms with Gasteiger partial charge in [-0.25, -0.2) is 18.6 Å². The Morgan fingerprint density at radius 3 is 1.98 bits per heavy atom. The van der Waals surface area contributed by atoms with Crippen LogP contribution in [0.25, 0.3) is 39.6 Å². The van der Waals surface area contributed by atoms with Crippen LogP contribution < -0.4 is 23.2 Å². The molecular weight excluding hydrogens is 586 g/mol. The average Bonchev–Trinajstić information content (AvgIpc) is 3.48. The van der Waals surface area contributed by atoms with Crippen LogP contribution in [0.3, 0.4) is 0 Å². The second kappa shape index (κ2) is 15.1. The second-order valence-electron chi connectivity index (χ2n) is 9.93. The Balaban J connectivity index is 0.000000518. The minimum atomic E-state index is -4.94. The van der Waals surface area contributed by atoms with Gasteiger partial charge in [-0.1, -0.05) is 85.0 Å². The number of nitrogens with zero attached hydrogens (tertiary/aromatic N) is 3. The summed E-state index contributed by atoms with van der Waals surface area (Å²) in [6.07, 6.45) is 15.1. The van der Waals surface area contributed by atoms with Gasteiger partial charge in [0.05, 0.1) is 17.3 Å². The fourth-order valence-corrected chi connectivity index (χ4v) is 5.42. The van der Waals surface area contributed by atoms with E-state index >= 15 is 0 Å². The molecule has 0 saturated heterocycles. The SMILES string of the molecule is CC#N.CC1=C(c2ccccc2)\C(=C/C=C/C=C/c2c(-c3ccccc3)c(C)c3ccccn23)[n+]2ccccc21.[O-][Cl+3]([O-])([O-])[O-]. The molecule has 3 aromatic heterocycles. The van der Waals surface area contributed by atoms with Crippen LogP contribution in [0.2, 0.25) is 0 Å². The van der Waals surface area contributed by atoms with E-state index in [1.165, 1.54) is 62.9 Å². The summed E-state index contributed by atoms with van der Waals surface area (Å²) >= 11 is 0. The van der Waals surface area contributed by atoms with E-state index in [1.54, 1.807) is 6.07 Å². The molecule has 6 rings (SSSR count). The van der Waals surface area contributed by atoms with E-state index in [0.29, 0.717) is 0 Å². The molecule has 0 radical (unpaired) electrons. The van der Waals surface area contributed by atoms with Crippen LogP contribution in [0.4, 0.5) is 0 Å². The number of benzene rings is 2. The maximum atomic E-state index is 8.49. The molecule has 0 spiro atoms. The van der Waals surface area contributed by atoms with E-state index < -0.39 is 10.2 Å². The number of nitriles is 1. The van der Waals surface area contributed by atoms with E-state index in [0.717, 1.165) is 0 Å². The Morgan fingerprint density at radius 1 is 0.756 bits per heavy atom. The van der Waals surface area contributed by atoms with Gasteiger partial charge >= 0.3 is 0 Å². The van der Waals surface area contributed by atoms with Gasteiger partial charge in [0.15, 0.2) is 6.20 Å². The lowest BCUT2D eigenvalue weighted by Crippen LogP contribution is -2.68. The zero-order valence-corrected chi connectivity index (χ0v) is 25.9. The van der Waals surface area contributed by atoms with Crippen LogP contribution in [0, 0.1) is 28.5 Å². The van der Waals surface area contributed by atoms with Crippen molar-refractivity contribution in [1.29, 1.82) is 5.26 Å². The summed E-state index contributed by atoms with van der Waals surface area (Å²) in [4.78, 5) is 0. The third-order valence-electron chi connectivity index (χ3n) is 7.12. The molecule has 0 saturated carbocycles. The number of rotatable bonds is 5. The van der Waals surface area contributed by atoms with E-state index in [1.807, 2.05) is 0 Å². The molecule has 0 bridgehead atoms. The van der Waals surface area contributed by atoms with Crippen LogP contribution in [0.15, 0.2) is 134 Å². The highest BCUT2D eigenvalue weighted by atomic mass is 35.7. The molecule has 5 aromatic rings. The predicted octanol–water partition coefficient (Wildman–Crippen LogP) is 4.03. The molecule has 4 heterocycles. The number of aryl methyl sites for hydroxylation is 1. The molecule has 1 aliphatic rings. The van der Waals surface area contributed by atoms with Crippen LogP contribution in [-0.4, -0.2) is 4.40 Å². The first-order chi connectivity index (χ1) is 21.7. The lowest BCUT2D eigenvalue weighted by Gasteiger charge is -2.17. The van der Waals surface area contributed by atoms with Gasteiger partial charge < -0.3 is 4.40 Å². The summed E-state index contributed by atoms with van der Waals surface area (Å²) in [5, 5.41) is 7.32. The van der Waals surface area contributed by atoms with Crippen molar-refractivity contribution in [3.8, 4) is 17.2 Å². The van der Waals surface area contributed by atoms with Crippen LogP contribution in [-0.2, 0) is 0 Å². The topological polar surface area (TPSA) is 124 Å². The Hall–Kier alpha value is -5.07. The number of fused-ring (bicyclic) bond motifs is 2. The van der Waals surface area contributed by atoms with Gasteiger partial charge in [-0.15, -0.1) is 10.2 Å². The largest absolute Gasteiger partial charge is 0.316 e. The molecular formula is C37H32ClN3O4. The molecule has 0 N–H and O–H groups in total. The highest BCUT2D eigenvalue weighted by molar-refractivity contribution is 6.09. The lowest BCUT2D eigenvalue weighted by atomic mass is 9.99. The number of halogens is 1. The van der Waals surface area contributed by atoms with Crippen molar-refractivity contribution in [2.45, 2.75) is 20.8 Å². The van der Waals surface area contributed by atoms with Crippen molar-refractivity contribution >= 4 is 28.4 Å². The smallest absolute Gasteiger partial charge is 0.219 e. The van der Waals surface area contributed by atoms with Gasteiger partial charge in [0.25, 0.3) is 0 Å². The van der Waals surface area contributed by atoms with Crippen molar-refractivity contribution < 1.29 is 33.4 Å². The van der Waals surface area contributed by atoms with E-state index in [9.17, 15) is 0 Å². The first-order valence-corrected chi connectivity index (χ1v) is 15.3. The van der Waals surface area contributed by atoms with Gasteiger partial charge in [-0.3, -0.25) is 0 Å². The Morgan fingerprint density at radius 2 is 1.33 bits per heavy atom. The molecule has 0 unspecified atom stereocenters. The third-order valence-corrected chi connectivity index (χ3v) is 7.12. The number of hydrogen-bond acceptors (Lipinski definition) is 5. The van der Waals surface area contributed by atoms with Crippen LogP contribution in [0.5, 0.6) is 0 Å². The first-order valence-electron chi connectivity index (χ1n) is 14.1. The van der Waals surface area contributed by atoms with Crippen molar-refractivity contribution in [3.05, 3.63) is 156 Å². The second-order valence-corrected chi connectivity index (χ2v) is 10.7. The summed E-state index contributed by atoms with van der Waals surface area (Å²) in [5.41, 5.74) is 12.5. The number of hydrogen-bond donors (Lipinski definition) is 0. The van der Waals surface area contributed by atoms with E-state index in [4.69, 9.17) is 23.9 Å². The minimum Gasteiger partial charge on any atom is -0.316 e. The Kier molecular flexibility index (Phi) is 11.0. The van der Waals surface area contributed by atoms with Crippen molar-refractivity contribution in [2.75, 3.05) is 0 Å². The highest BCUT2D eigenvalue weighted by Gasteiger charge is 2.32. The quantitative estimate of drug-likeness (QED) is 0.218. The third kappa shape index (κ3) is 8.11. The number of pyridine rings is 2. The van der Waals surface area contributed by atoms with Crippen LogP contribution in [0.1, 0.15) is 36.4 Å². The summed E-state index contributed by atoms with van der Waals surface area (Å²) in [7, 11) is -4.94. The minimum absolute atomic E-state index is 1.19. The highest BCUT2D eigenvalue weighted by Crippen LogP contribution is 2.36. The predicted molar refractivity (Wildman–Crippen MR) is 167 cm³/mol. The van der Waals surface area contributed by atoms with Gasteiger partial charge in [0.1, 0.15) is 0 Å². The van der Waals surface area contributed by atoms with Crippen molar-refractivity contribution in [1.82, 2.24) is 4.40 Å². The molecule has 45 heavy (non-hydrogen) atoms. The first kappa shape index (κ1) is 32.8. The molecule has 0 fully saturated rings. The molecule has 8 heteroatoms. The number of allylic oxidation sites excluding steroid dienone is 7. The summed E-state index contributed by atoms with van der Waals surface area (Å²) in [6.45, 7) is 5.85. The molecule has 2 aromatic carbocycles.